The SMILES string of the molecule is CC(=O)NC(CNCCCC(C)CO)C(=O)O. The van der Waals surface area contributed by atoms with Crippen molar-refractivity contribution in [2.75, 3.05) is 19.7 Å². The molecule has 0 radical (unpaired) electrons. The summed E-state index contributed by atoms with van der Waals surface area (Å²) in [5.41, 5.74) is 0. The van der Waals surface area contributed by atoms with Gasteiger partial charge in [0.15, 0.2) is 0 Å². The Bertz CT molecular complexity index is 246. The van der Waals surface area contributed by atoms with Gasteiger partial charge in [-0.05, 0) is 25.3 Å². The Labute approximate surface area is 101 Å². The van der Waals surface area contributed by atoms with Crippen molar-refractivity contribution in [3.63, 3.8) is 0 Å². The van der Waals surface area contributed by atoms with Gasteiger partial charge in [-0.15, -0.1) is 0 Å². The molecule has 2 unspecified atom stereocenters. The van der Waals surface area contributed by atoms with E-state index in [2.05, 4.69) is 10.6 Å². The maximum Gasteiger partial charge on any atom is 0.327 e. The number of rotatable bonds is 9. The van der Waals surface area contributed by atoms with E-state index in [4.69, 9.17) is 10.2 Å². The molecule has 6 heteroatoms. The van der Waals surface area contributed by atoms with Crippen molar-refractivity contribution in [3.8, 4) is 0 Å². The first-order chi connectivity index (χ1) is 7.97. The van der Waals surface area contributed by atoms with Gasteiger partial charge >= 0.3 is 5.97 Å². The minimum absolute atomic E-state index is 0.170. The van der Waals surface area contributed by atoms with Crippen LogP contribution in [-0.2, 0) is 9.59 Å². The van der Waals surface area contributed by atoms with E-state index < -0.39 is 12.0 Å². The van der Waals surface area contributed by atoms with E-state index in [1.54, 1.807) is 0 Å². The number of nitrogens with one attached hydrogen (secondary N) is 2. The minimum atomic E-state index is -1.04. The summed E-state index contributed by atoms with van der Waals surface area (Å²) in [6.07, 6.45) is 1.76. The Morgan fingerprint density at radius 2 is 2.00 bits per heavy atom. The second-order valence-electron chi connectivity index (χ2n) is 4.23. The average molecular weight is 246 g/mol. The molecule has 0 aromatic carbocycles. The van der Waals surface area contributed by atoms with Crippen molar-refractivity contribution in [3.05, 3.63) is 0 Å². The zero-order valence-corrected chi connectivity index (χ0v) is 10.4. The van der Waals surface area contributed by atoms with Crippen LogP contribution in [0.25, 0.3) is 0 Å². The van der Waals surface area contributed by atoms with Crippen molar-refractivity contribution in [1.29, 1.82) is 0 Å². The molecule has 100 valence electrons. The topological polar surface area (TPSA) is 98.7 Å². The summed E-state index contributed by atoms with van der Waals surface area (Å²) < 4.78 is 0. The maximum absolute atomic E-state index is 10.8. The van der Waals surface area contributed by atoms with Crippen LogP contribution in [0.3, 0.4) is 0 Å². The Balaban J connectivity index is 3.68. The summed E-state index contributed by atoms with van der Waals surface area (Å²) in [5.74, 6) is -1.13. The van der Waals surface area contributed by atoms with Crippen LogP contribution in [0.1, 0.15) is 26.7 Å². The van der Waals surface area contributed by atoms with Crippen LogP contribution in [0, 0.1) is 5.92 Å². The molecule has 4 N–H and O–H groups in total. The quantitative estimate of drug-likeness (QED) is 0.414. The van der Waals surface area contributed by atoms with Gasteiger partial charge in [-0.25, -0.2) is 4.79 Å². The Kier molecular flexibility index (Phi) is 8.35. The highest BCUT2D eigenvalue weighted by Crippen LogP contribution is 2.02. The third kappa shape index (κ3) is 8.65. The monoisotopic (exact) mass is 246 g/mol. The second-order valence-corrected chi connectivity index (χ2v) is 4.23. The second kappa shape index (κ2) is 8.95. The molecule has 0 bridgehead atoms. The summed E-state index contributed by atoms with van der Waals surface area (Å²) in [7, 11) is 0. The molecule has 0 aromatic heterocycles. The van der Waals surface area contributed by atoms with Crippen molar-refractivity contribution in [2.24, 2.45) is 5.92 Å². The largest absolute Gasteiger partial charge is 0.480 e. The summed E-state index contributed by atoms with van der Waals surface area (Å²) in [5, 5.41) is 22.9. The first kappa shape index (κ1) is 15.9. The molecule has 0 saturated carbocycles. The van der Waals surface area contributed by atoms with E-state index in [0.717, 1.165) is 12.8 Å². The fraction of sp³-hybridized carbons (Fsp3) is 0.818. The van der Waals surface area contributed by atoms with Crippen molar-refractivity contribution >= 4 is 11.9 Å². The number of hydrogen-bond acceptors (Lipinski definition) is 4. The molecule has 0 heterocycles. The van der Waals surface area contributed by atoms with Crippen LogP contribution in [-0.4, -0.2) is 47.8 Å². The molecule has 0 aromatic rings. The molecule has 6 nitrogen and oxygen atoms in total. The first-order valence-electron chi connectivity index (χ1n) is 5.78. The molecule has 0 fully saturated rings. The van der Waals surface area contributed by atoms with E-state index in [1.807, 2.05) is 6.92 Å². The maximum atomic E-state index is 10.8. The Morgan fingerprint density at radius 1 is 1.35 bits per heavy atom. The lowest BCUT2D eigenvalue weighted by atomic mass is 10.1. The molecule has 0 spiro atoms. The zero-order valence-electron chi connectivity index (χ0n) is 10.4. The minimum Gasteiger partial charge on any atom is -0.480 e. The number of aliphatic hydroxyl groups excluding tert-OH is 1. The van der Waals surface area contributed by atoms with Gasteiger partial charge in [-0.2, -0.15) is 0 Å². The highest BCUT2D eigenvalue weighted by Gasteiger charge is 2.17. The number of hydrogen-bond donors (Lipinski definition) is 4. The fourth-order valence-corrected chi connectivity index (χ4v) is 1.36. The number of aliphatic hydroxyl groups is 1. The smallest absolute Gasteiger partial charge is 0.327 e. The Hall–Kier alpha value is -1.14. The van der Waals surface area contributed by atoms with Crippen LogP contribution >= 0.6 is 0 Å². The number of amides is 1. The van der Waals surface area contributed by atoms with E-state index in [-0.39, 0.29) is 25.0 Å². The van der Waals surface area contributed by atoms with Gasteiger partial charge in [-0.3, -0.25) is 4.79 Å². The standard InChI is InChI=1S/C11H22N2O4/c1-8(7-14)4-3-5-12-6-10(11(16)17)13-9(2)15/h8,10,12,14H,3-7H2,1-2H3,(H,13,15)(H,16,17). The summed E-state index contributed by atoms with van der Waals surface area (Å²) >= 11 is 0. The molecule has 0 aliphatic heterocycles. The highest BCUT2D eigenvalue weighted by atomic mass is 16.4. The van der Waals surface area contributed by atoms with Gasteiger partial charge in [0.25, 0.3) is 0 Å². The molecule has 2 atom stereocenters. The molecule has 0 rings (SSSR count). The number of carboxylic acid groups (broad SMARTS) is 1. The lowest BCUT2D eigenvalue weighted by molar-refractivity contribution is -0.141. The Morgan fingerprint density at radius 3 is 2.47 bits per heavy atom. The van der Waals surface area contributed by atoms with E-state index >= 15 is 0 Å². The predicted octanol–water partition coefficient (Wildman–Crippen LogP) is -0.426. The van der Waals surface area contributed by atoms with Gasteiger partial charge in [0.2, 0.25) is 5.91 Å². The number of aliphatic carboxylic acids is 1. The van der Waals surface area contributed by atoms with Crippen LogP contribution in [0.4, 0.5) is 0 Å². The van der Waals surface area contributed by atoms with E-state index in [9.17, 15) is 9.59 Å². The van der Waals surface area contributed by atoms with E-state index in [1.165, 1.54) is 6.92 Å². The number of carbonyl (C=O) groups is 2. The fourth-order valence-electron chi connectivity index (χ4n) is 1.36. The molecule has 0 saturated heterocycles. The lowest BCUT2D eigenvalue weighted by Gasteiger charge is -2.14. The average Bonchev–Trinajstić information content (AvgIpc) is 2.25. The summed E-state index contributed by atoms with van der Waals surface area (Å²) in [6.45, 7) is 4.30. The number of carbonyl (C=O) groups excluding carboxylic acids is 1. The van der Waals surface area contributed by atoms with Crippen LogP contribution in [0.15, 0.2) is 0 Å². The van der Waals surface area contributed by atoms with Crippen molar-refractivity contribution < 1.29 is 19.8 Å². The van der Waals surface area contributed by atoms with E-state index in [0.29, 0.717) is 6.54 Å². The summed E-state index contributed by atoms with van der Waals surface area (Å²) in [6, 6.07) is -0.886. The molecular formula is C11H22N2O4. The third-order valence-corrected chi connectivity index (χ3v) is 2.39. The molecule has 0 aliphatic carbocycles. The third-order valence-electron chi connectivity index (χ3n) is 2.39. The molecular weight excluding hydrogens is 224 g/mol. The first-order valence-corrected chi connectivity index (χ1v) is 5.78. The lowest BCUT2D eigenvalue weighted by Crippen LogP contribution is -2.46. The van der Waals surface area contributed by atoms with Gasteiger partial charge in [-0.1, -0.05) is 6.92 Å². The van der Waals surface area contributed by atoms with Crippen molar-refractivity contribution in [2.45, 2.75) is 32.7 Å². The van der Waals surface area contributed by atoms with Gasteiger partial charge < -0.3 is 20.8 Å². The normalized spacial score (nSPS) is 14.1. The predicted molar refractivity (Wildman–Crippen MR) is 63.6 cm³/mol. The van der Waals surface area contributed by atoms with Crippen LogP contribution in [0.5, 0.6) is 0 Å². The van der Waals surface area contributed by atoms with Crippen LogP contribution < -0.4 is 10.6 Å². The molecule has 17 heavy (non-hydrogen) atoms. The number of carboxylic acids is 1. The van der Waals surface area contributed by atoms with Gasteiger partial charge in [0, 0.05) is 20.1 Å². The zero-order chi connectivity index (χ0) is 13.3. The van der Waals surface area contributed by atoms with Crippen LogP contribution in [0.2, 0.25) is 0 Å². The highest BCUT2D eigenvalue weighted by molar-refractivity contribution is 5.82. The van der Waals surface area contributed by atoms with Gasteiger partial charge in [0.1, 0.15) is 6.04 Å². The van der Waals surface area contributed by atoms with Gasteiger partial charge in [0.05, 0.1) is 0 Å². The molecule has 1 amide bonds. The summed E-state index contributed by atoms with van der Waals surface area (Å²) in [4.78, 5) is 21.5. The molecule has 0 aliphatic rings. The van der Waals surface area contributed by atoms with Crippen molar-refractivity contribution in [1.82, 2.24) is 10.6 Å².